The van der Waals surface area contributed by atoms with Crippen LogP contribution in [0.3, 0.4) is 0 Å². The standard InChI is InChI=1S/C37H44N2O6/c1-44-26-33-35(29-18-10-4-11-19-29)45-37(43)31(22-27-14-6-2-7-15-27)21-13-5-12-20-30(36(42)39-33)24-34(41)38-32(25-40)23-28-16-8-3-9-17-28/h2-12,14-19,30-33,35,40H,13,20-26H2,1H3,(H,38,41)(H,39,42)/t30-,31-,32+,33+,35+/m1/s1. The molecule has 0 saturated carbocycles. The molecule has 1 heterocycles. The summed E-state index contributed by atoms with van der Waals surface area (Å²) in [5.74, 6) is -2.05. The number of esters is 1. The second kappa shape index (κ2) is 17.9. The highest BCUT2D eigenvalue weighted by Crippen LogP contribution is 2.27. The van der Waals surface area contributed by atoms with Crippen LogP contribution in [0.5, 0.6) is 0 Å². The molecular weight excluding hydrogens is 568 g/mol. The number of aliphatic hydroxyl groups is 1. The van der Waals surface area contributed by atoms with Crippen molar-refractivity contribution >= 4 is 17.8 Å². The number of rotatable bonds is 11. The number of hydrogen-bond donors (Lipinski definition) is 3. The van der Waals surface area contributed by atoms with Crippen molar-refractivity contribution < 1.29 is 29.0 Å². The summed E-state index contributed by atoms with van der Waals surface area (Å²) in [6.45, 7) is -0.123. The third kappa shape index (κ3) is 10.7. The van der Waals surface area contributed by atoms with Gasteiger partial charge in [0.05, 0.1) is 37.1 Å². The van der Waals surface area contributed by atoms with Crippen molar-refractivity contribution in [3.8, 4) is 0 Å². The fourth-order valence-corrected chi connectivity index (χ4v) is 5.66. The average molecular weight is 613 g/mol. The molecular formula is C37H44N2O6. The van der Waals surface area contributed by atoms with Crippen molar-refractivity contribution in [1.29, 1.82) is 0 Å². The number of nitrogens with one attached hydrogen (secondary N) is 2. The minimum Gasteiger partial charge on any atom is -0.455 e. The Hall–Kier alpha value is -4.27. The molecule has 3 aromatic carbocycles. The van der Waals surface area contributed by atoms with Crippen LogP contribution in [-0.4, -0.2) is 55.3 Å². The monoisotopic (exact) mass is 612 g/mol. The molecule has 0 bridgehead atoms. The van der Waals surface area contributed by atoms with Crippen LogP contribution in [-0.2, 0) is 36.7 Å². The largest absolute Gasteiger partial charge is 0.455 e. The Labute approximate surface area is 265 Å². The summed E-state index contributed by atoms with van der Waals surface area (Å²) in [5, 5.41) is 15.9. The van der Waals surface area contributed by atoms with Gasteiger partial charge < -0.3 is 25.2 Å². The molecule has 0 spiro atoms. The molecule has 0 aliphatic carbocycles. The van der Waals surface area contributed by atoms with Crippen molar-refractivity contribution in [1.82, 2.24) is 10.6 Å². The second-order valence-corrected chi connectivity index (χ2v) is 11.5. The van der Waals surface area contributed by atoms with Crippen LogP contribution in [0.1, 0.15) is 48.5 Å². The second-order valence-electron chi connectivity index (χ2n) is 11.5. The molecule has 0 fully saturated rings. The molecule has 45 heavy (non-hydrogen) atoms. The van der Waals surface area contributed by atoms with Gasteiger partial charge in [0, 0.05) is 13.5 Å². The lowest BCUT2D eigenvalue weighted by Crippen LogP contribution is -2.47. The number of allylic oxidation sites excluding steroid dienone is 2. The lowest BCUT2D eigenvalue weighted by atomic mass is 9.94. The Kier molecular flexibility index (Phi) is 13.4. The zero-order chi connectivity index (χ0) is 31.9. The summed E-state index contributed by atoms with van der Waals surface area (Å²) in [6, 6.07) is 27.7. The summed E-state index contributed by atoms with van der Waals surface area (Å²) in [7, 11) is 1.53. The summed E-state index contributed by atoms with van der Waals surface area (Å²) in [4.78, 5) is 40.7. The number of cyclic esters (lactones) is 1. The summed E-state index contributed by atoms with van der Waals surface area (Å²) >= 11 is 0. The maximum absolute atomic E-state index is 13.8. The van der Waals surface area contributed by atoms with Gasteiger partial charge in [0.2, 0.25) is 11.8 Å². The molecule has 4 rings (SSSR count). The summed E-state index contributed by atoms with van der Waals surface area (Å²) < 4.78 is 11.7. The van der Waals surface area contributed by atoms with Gasteiger partial charge in [-0.1, -0.05) is 103 Å². The van der Waals surface area contributed by atoms with E-state index in [2.05, 4.69) is 10.6 Å². The number of amides is 2. The van der Waals surface area contributed by atoms with Crippen LogP contribution in [0.25, 0.3) is 0 Å². The van der Waals surface area contributed by atoms with E-state index >= 15 is 0 Å². The van der Waals surface area contributed by atoms with E-state index < -0.39 is 24.1 Å². The molecule has 3 aromatic rings. The Morgan fingerprint density at radius 3 is 2.22 bits per heavy atom. The lowest BCUT2D eigenvalue weighted by molar-refractivity contribution is -0.158. The molecule has 0 aromatic heterocycles. The van der Waals surface area contributed by atoms with Crippen molar-refractivity contribution in [3.05, 3.63) is 120 Å². The molecule has 8 nitrogen and oxygen atoms in total. The highest BCUT2D eigenvalue weighted by molar-refractivity contribution is 5.86. The van der Waals surface area contributed by atoms with Crippen LogP contribution in [0.15, 0.2) is 103 Å². The van der Waals surface area contributed by atoms with E-state index in [1.807, 2.05) is 103 Å². The van der Waals surface area contributed by atoms with E-state index in [4.69, 9.17) is 9.47 Å². The van der Waals surface area contributed by atoms with E-state index in [-0.39, 0.29) is 43.3 Å². The van der Waals surface area contributed by atoms with E-state index in [9.17, 15) is 19.5 Å². The van der Waals surface area contributed by atoms with Gasteiger partial charge in [-0.15, -0.1) is 0 Å². The number of ether oxygens (including phenoxy) is 2. The lowest BCUT2D eigenvalue weighted by Gasteiger charge is -2.30. The van der Waals surface area contributed by atoms with Gasteiger partial charge in [0.25, 0.3) is 0 Å². The van der Waals surface area contributed by atoms with Gasteiger partial charge in [0.15, 0.2) is 0 Å². The van der Waals surface area contributed by atoms with E-state index in [0.717, 1.165) is 16.7 Å². The Morgan fingerprint density at radius 1 is 0.933 bits per heavy atom. The number of aliphatic hydroxyl groups excluding tert-OH is 1. The number of hydrogen-bond acceptors (Lipinski definition) is 6. The van der Waals surface area contributed by atoms with E-state index in [1.54, 1.807) is 0 Å². The van der Waals surface area contributed by atoms with Gasteiger partial charge in [-0.05, 0) is 48.8 Å². The first kappa shape index (κ1) is 33.6. The van der Waals surface area contributed by atoms with E-state index in [1.165, 1.54) is 7.11 Å². The molecule has 0 saturated heterocycles. The number of methoxy groups -OCH3 is 1. The molecule has 2 amide bonds. The van der Waals surface area contributed by atoms with Gasteiger partial charge >= 0.3 is 5.97 Å². The summed E-state index contributed by atoms with van der Waals surface area (Å²) in [5.41, 5.74) is 2.78. The van der Waals surface area contributed by atoms with Crippen molar-refractivity contribution in [2.75, 3.05) is 20.3 Å². The topological polar surface area (TPSA) is 114 Å². The molecule has 0 unspecified atom stereocenters. The van der Waals surface area contributed by atoms with Crippen LogP contribution in [0.4, 0.5) is 0 Å². The number of carbonyl (C=O) groups excluding carboxylic acids is 3. The third-order valence-electron chi connectivity index (χ3n) is 8.05. The van der Waals surface area contributed by atoms with Crippen molar-refractivity contribution in [2.45, 2.75) is 56.7 Å². The first-order chi connectivity index (χ1) is 22.0. The van der Waals surface area contributed by atoms with Crippen LogP contribution < -0.4 is 10.6 Å². The maximum atomic E-state index is 13.8. The molecule has 8 heteroatoms. The van der Waals surface area contributed by atoms with Crippen molar-refractivity contribution in [3.63, 3.8) is 0 Å². The Morgan fingerprint density at radius 2 is 1.58 bits per heavy atom. The fraction of sp³-hybridized carbons (Fsp3) is 0.378. The predicted octanol–water partition coefficient (Wildman–Crippen LogP) is 4.73. The minimum absolute atomic E-state index is 0.0619. The zero-order valence-corrected chi connectivity index (χ0v) is 25.8. The normalized spacial score (nSPS) is 21.7. The van der Waals surface area contributed by atoms with Gasteiger partial charge in [-0.25, -0.2) is 0 Å². The van der Waals surface area contributed by atoms with Gasteiger partial charge in [-0.2, -0.15) is 0 Å². The summed E-state index contributed by atoms with van der Waals surface area (Å²) in [6.07, 6.45) is 5.57. The number of carbonyl (C=O) groups is 3. The molecule has 238 valence electrons. The van der Waals surface area contributed by atoms with Crippen LogP contribution in [0, 0.1) is 11.8 Å². The van der Waals surface area contributed by atoms with Crippen molar-refractivity contribution in [2.24, 2.45) is 11.8 Å². The van der Waals surface area contributed by atoms with E-state index in [0.29, 0.717) is 32.1 Å². The molecule has 1 aliphatic rings. The highest BCUT2D eigenvalue weighted by atomic mass is 16.5. The predicted molar refractivity (Wildman–Crippen MR) is 173 cm³/mol. The third-order valence-corrected chi connectivity index (χ3v) is 8.05. The first-order valence-corrected chi connectivity index (χ1v) is 15.6. The van der Waals surface area contributed by atoms with Crippen LogP contribution >= 0.6 is 0 Å². The molecule has 5 atom stereocenters. The fourth-order valence-electron chi connectivity index (χ4n) is 5.66. The smallest absolute Gasteiger partial charge is 0.309 e. The maximum Gasteiger partial charge on any atom is 0.309 e. The first-order valence-electron chi connectivity index (χ1n) is 15.6. The van der Waals surface area contributed by atoms with Crippen LogP contribution in [0.2, 0.25) is 0 Å². The number of benzene rings is 3. The minimum atomic E-state index is -0.797. The van der Waals surface area contributed by atoms with Gasteiger partial charge in [0.1, 0.15) is 6.10 Å². The molecule has 3 N–H and O–H groups in total. The van der Waals surface area contributed by atoms with Gasteiger partial charge in [-0.3, -0.25) is 14.4 Å². The molecule has 1 aliphatic heterocycles. The molecule has 0 radical (unpaired) electrons. The SMILES string of the molecule is COC[C@@H]1NC(=O)[C@@H](CC(=O)N[C@H](CO)Cc2ccccc2)CC=CCC[C@H](Cc2ccccc2)C(=O)O[C@H]1c1ccccc1. The average Bonchev–Trinajstić information content (AvgIpc) is 3.07. The Bertz CT molecular complexity index is 1370. The quantitative estimate of drug-likeness (QED) is 0.213. The zero-order valence-electron chi connectivity index (χ0n) is 25.8. The Balaban J connectivity index is 1.56. The highest BCUT2D eigenvalue weighted by Gasteiger charge is 2.33.